The fourth-order valence-corrected chi connectivity index (χ4v) is 2.85. The van der Waals surface area contributed by atoms with Crippen molar-refractivity contribution in [3.8, 4) is 5.69 Å². The molecule has 0 aliphatic heterocycles. The fourth-order valence-electron chi connectivity index (χ4n) is 2.39. The summed E-state index contributed by atoms with van der Waals surface area (Å²) in [6, 6.07) is 14.9. The Kier molecular flexibility index (Phi) is 4.41. The lowest BCUT2D eigenvalue weighted by Gasteiger charge is -2.09. The van der Waals surface area contributed by atoms with E-state index < -0.39 is 0 Å². The summed E-state index contributed by atoms with van der Waals surface area (Å²) >= 11 is 11.6. The van der Waals surface area contributed by atoms with Crippen LogP contribution in [0.1, 0.15) is 28.7 Å². The zero-order valence-electron chi connectivity index (χ0n) is 12.4. The van der Waals surface area contributed by atoms with Gasteiger partial charge in [0.15, 0.2) is 10.6 Å². The van der Waals surface area contributed by atoms with Crippen molar-refractivity contribution in [2.45, 2.75) is 13.3 Å². The van der Waals surface area contributed by atoms with E-state index >= 15 is 0 Å². The third kappa shape index (κ3) is 3.25. The highest BCUT2D eigenvalue weighted by molar-refractivity contribution is 7.71. The van der Waals surface area contributed by atoms with Gasteiger partial charge in [0, 0.05) is 17.0 Å². The Hall–Kier alpha value is -2.24. The molecule has 6 heteroatoms. The van der Waals surface area contributed by atoms with E-state index in [-0.39, 0.29) is 5.78 Å². The van der Waals surface area contributed by atoms with Gasteiger partial charge in [-0.05, 0) is 42.9 Å². The summed E-state index contributed by atoms with van der Waals surface area (Å²) in [5, 5.41) is 7.80. The predicted octanol–water partition coefficient (Wildman–Crippen LogP) is 4.38. The highest BCUT2D eigenvalue weighted by Gasteiger charge is 2.12. The molecule has 2 aromatic carbocycles. The minimum atomic E-state index is 0.00881. The van der Waals surface area contributed by atoms with Crippen molar-refractivity contribution in [3.05, 3.63) is 75.3 Å². The summed E-state index contributed by atoms with van der Waals surface area (Å²) in [6.07, 6.45) is 0.539. The highest BCUT2D eigenvalue weighted by atomic mass is 35.5. The quantitative estimate of drug-likeness (QED) is 0.565. The topological polar surface area (TPSA) is 50.7 Å². The second kappa shape index (κ2) is 6.48. The molecule has 1 aromatic heterocycles. The first-order valence-corrected chi connectivity index (χ1v) is 7.86. The molecule has 0 atom stereocenters. The Labute approximate surface area is 143 Å². The first kappa shape index (κ1) is 15.6. The number of carbonyl (C=O) groups excluding carboxylic acids is 1. The maximum Gasteiger partial charge on any atom is 0.199 e. The first-order chi connectivity index (χ1) is 11.1. The number of hydrogen-bond donors (Lipinski definition) is 1. The van der Waals surface area contributed by atoms with Crippen LogP contribution in [0.4, 0.5) is 0 Å². The van der Waals surface area contributed by atoms with E-state index in [4.69, 9.17) is 23.8 Å². The van der Waals surface area contributed by atoms with Crippen molar-refractivity contribution >= 4 is 29.6 Å². The van der Waals surface area contributed by atoms with Crippen molar-refractivity contribution in [1.29, 1.82) is 0 Å². The summed E-state index contributed by atoms with van der Waals surface area (Å²) in [5.74, 6) is 0.748. The summed E-state index contributed by atoms with van der Waals surface area (Å²) < 4.78 is 2.30. The second-order valence-corrected chi connectivity index (χ2v) is 5.95. The number of aromatic amines is 1. The Balaban J connectivity index is 2.06. The molecule has 0 fully saturated rings. The molecule has 116 valence electrons. The number of carbonyl (C=O) groups is 1. The van der Waals surface area contributed by atoms with E-state index in [1.54, 1.807) is 13.0 Å². The molecule has 3 rings (SSSR count). The average Bonchev–Trinajstić information content (AvgIpc) is 2.90. The highest BCUT2D eigenvalue weighted by Crippen LogP contribution is 2.20. The molecule has 0 aliphatic carbocycles. The van der Waals surface area contributed by atoms with Gasteiger partial charge in [0.2, 0.25) is 0 Å². The van der Waals surface area contributed by atoms with Crippen molar-refractivity contribution in [2.75, 3.05) is 0 Å². The van der Waals surface area contributed by atoms with Gasteiger partial charge >= 0.3 is 0 Å². The van der Waals surface area contributed by atoms with E-state index in [2.05, 4.69) is 10.2 Å². The first-order valence-electron chi connectivity index (χ1n) is 7.07. The van der Waals surface area contributed by atoms with Crippen molar-refractivity contribution < 1.29 is 4.79 Å². The number of rotatable bonds is 4. The molecule has 0 unspecified atom stereocenters. The Morgan fingerprint density at radius 2 is 2.04 bits per heavy atom. The van der Waals surface area contributed by atoms with Gasteiger partial charge in [-0.2, -0.15) is 5.10 Å². The van der Waals surface area contributed by atoms with Crippen LogP contribution in [0, 0.1) is 4.77 Å². The molecule has 0 saturated heterocycles. The van der Waals surface area contributed by atoms with Crippen LogP contribution in [-0.2, 0) is 6.42 Å². The Morgan fingerprint density at radius 1 is 1.26 bits per heavy atom. The molecule has 0 amide bonds. The molecule has 4 nitrogen and oxygen atoms in total. The predicted molar refractivity (Wildman–Crippen MR) is 93.0 cm³/mol. The largest absolute Gasteiger partial charge is 0.295 e. The van der Waals surface area contributed by atoms with Gasteiger partial charge in [-0.15, -0.1) is 0 Å². The third-order valence-electron chi connectivity index (χ3n) is 3.56. The number of ketones is 1. The van der Waals surface area contributed by atoms with Crippen LogP contribution >= 0.6 is 23.8 Å². The van der Waals surface area contributed by atoms with E-state index in [0.29, 0.717) is 21.8 Å². The normalized spacial score (nSPS) is 10.7. The van der Waals surface area contributed by atoms with E-state index in [9.17, 15) is 4.79 Å². The van der Waals surface area contributed by atoms with Crippen molar-refractivity contribution in [2.24, 2.45) is 0 Å². The zero-order chi connectivity index (χ0) is 16.4. The van der Waals surface area contributed by atoms with Crippen molar-refractivity contribution in [3.63, 3.8) is 0 Å². The number of aromatic nitrogens is 3. The number of benzene rings is 2. The van der Waals surface area contributed by atoms with Crippen LogP contribution in [0.3, 0.4) is 0 Å². The monoisotopic (exact) mass is 343 g/mol. The summed E-state index contributed by atoms with van der Waals surface area (Å²) in [5.41, 5.74) is 2.40. The van der Waals surface area contributed by atoms with Crippen LogP contribution in [0.25, 0.3) is 5.69 Å². The summed E-state index contributed by atoms with van der Waals surface area (Å²) in [6.45, 7) is 1.54. The molecular formula is C17H14ClN3OS. The molecule has 23 heavy (non-hydrogen) atoms. The van der Waals surface area contributed by atoms with E-state index in [1.165, 1.54) is 0 Å². The SMILES string of the molecule is CC(=O)c1cccc(-n2c(Cc3ccccc3Cl)n[nH]c2=S)c1. The van der Waals surface area contributed by atoms with Gasteiger partial charge in [-0.25, -0.2) is 0 Å². The molecule has 0 spiro atoms. The smallest absolute Gasteiger partial charge is 0.199 e. The summed E-state index contributed by atoms with van der Waals surface area (Å²) in [4.78, 5) is 11.6. The maximum absolute atomic E-state index is 11.6. The number of nitrogens with zero attached hydrogens (tertiary/aromatic N) is 2. The van der Waals surface area contributed by atoms with Crippen molar-refractivity contribution in [1.82, 2.24) is 14.8 Å². The van der Waals surface area contributed by atoms with Gasteiger partial charge in [0.05, 0.1) is 5.69 Å². The van der Waals surface area contributed by atoms with Gasteiger partial charge < -0.3 is 0 Å². The van der Waals surface area contributed by atoms with Crippen LogP contribution in [0.2, 0.25) is 5.02 Å². The maximum atomic E-state index is 11.6. The fraction of sp³-hybridized carbons (Fsp3) is 0.118. The number of hydrogen-bond acceptors (Lipinski definition) is 3. The number of Topliss-reactive ketones (excluding diaryl/α,β-unsaturated/α-hetero) is 1. The minimum absolute atomic E-state index is 0.00881. The second-order valence-electron chi connectivity index (χ2n) is 5.16. The lowest BCUT2D eigenvalue weighted by atomic mass is 10.1. The molecule has 0 radical (unpaired) electrons. The third-order valence-corrected chi connectivity index (χ3v) is 4.20. The Bertz CT molecular complexity index is 929. The van der Waals surface area contributed by atoms with Crippen LogP contribution in [0.15, 0.2) is 48.5 Å². The number of halogens is 1. The lowest BCUT2D eigenvalue weighted by molar-refractivity contribution is 0.101. The van der Waals surface area contributed by atoms with E-state index in [1.807, 2.05) is 47.0 Å². The molecule has 0 aliphatic rings. The molecule has 0 saturated carbocycles. The van der Waals surface area contributed by atoms with Gasteiger partial charge in [-0.1, -0.05) is 41.9 Å². The van der Waals surface area contributed by atoms with Crippen LogP contribution in [0.5, 0.6) is 0 Å². The van der Waals surface area contributed by atoms with Crippen LogP contribution < -0.4 is 0 Å². The van der Waals surface area contributed by atoms with Crippen LogP contribution in [-0.4, -0.2) is 20.5 Å². The van der Waals surface area contributed by atoms with Gasteiger partial charge in [0.1, 0.15) is 5.82 Å². The standard InChI is InChI=1S/C17H14ClN3OS/c1-11(22)12-6-4-7-14(9-12)21-16(19-20-17(21)23)10-13-5-2-3-8-15(13)18/h2-9H,10H2,1H3,(H,20,23). The zero-order valence-corrected chi connectivity index (χ0v) is 14.0. The van der Waals surface area contributed by atoms with Gasteiger partial charge in [0.25, 0.3) is 0 Å². The number of H-pyrrole nitrogens is 1. The number of nitrogens with one attached hydrogen (secondary N) is 1. The minimum Gasteiger partial charge on any atom is -0.295 e. The Morgan fingerprint density at radius 3 is 2.78 bits per heavy atom. The molecule has 1 N–H and O–H groups in total. The van der Waals surface area contributed by atoms with Gasteiger partial charge in [-0.3, -0.25) is 14.5 Å². The molecule has 0 bridgehead atoms. The molecular weight excluding hydrogens is 330 g/mol. The van der Waals surface area contributed by atoms with E-state index in [0.717, 1.165) is 17.1 Å². The lowest BCUT2D eigenvalue weighted by Crippen LogP contribution is -2.04. The molecule has 3 aromatic rings. The summed E-state index contributed by atoms with van der Waals surface area (Å²) in [7, 11) is 0. The molecule has 1 heterocycles. The average molecular weight is 344 g/mol.